The van der Waals surface area contributed by atoms with Crippen molar-refractivity contribution >= 4 is 23.3 Å². The highest BCUT2D eigenvalue weighted by atomic mass is 32.1. The third kappa shape index (κ3) is 3.79. The SMILES string of the molecule is Cc1ccc(C(C)NC(=O)/C=C/c2csc(C)n2)o1. The first kappa shape index (κ1) is 13.5. The predicted octanol–water partition coefficient (Wildman–Crippen LogP) is 3.24. The van der Waals surface area contributed by atoms with Crippen LogP contribution in [0.3, 0.4) is 0 Å². The maximum atomic E-state index is 11.7. The molecule has 1 unspecified atom stereocenters. The molecule has 0 aliphatic carbocycles. The Morgan fingerprint density at radius 3 is 2.84 bits per heavy atom. The second kappa shape index (κ2) is 5.84. The smallest absolute Gasteiger partial charge is 0.244 e. The number of rotatable bonds is 4. The molecule has 2 heterocycles. The summed E-state index contributed by atoms with van der Waals surface area (Å²) >= 11 is 1.56. The molecule has 4 nitrogen and oxygen atoms in total. The summed E-state index contributed by atoms with van der Waals surface area (Å²) in [5.41, 5.74) is 0.805. The standard InChI is InChI=1S/C14H16N2O2S/c1-9-4-6-13(18-9)10(2)15-14(17)7-5-12-8-19-11(3)16-12/h4-8,10H,1-3H3,(H,15,17)/b7-5+. The molecular formula is C14H16N2O2S. The van der Waals surface area contributed by atoms with Gasteiger partial charge in [0.05, 0.1) is 16.7 Å². The first-order valence-electron chi connectivity index (χ1n) is 6.01. The average Bonchev–Trinajstić information content (AvgIpc) is 2.95. The van der Waals surface area contributed by atoms with Gasteiger partial charge in [0.25, 0.3) is 0 Å². The molecule has 0 spiro atoms. The highest BCUT2D eigenvalue weighted by Crippen LogP contribution is 2.15. The molecular weight excluding hydrogens is 260 g/mol. The molecule has 2 aromatic rings. The second-order valence-electron chi connectivity index (χ2n) is 4.30. The van der Waals surface area contributed by atoms with Gasteiger partial charge in [0.15, 0.2) is 0 Å². The number of aryl methyl sites for hydroxylation is 2. The Kier molecular flexibility index (Phi) is 4.16. The van der Waals surface area contributed by atoms with Crippen LogP contribution < -0.4 is 5.32 Å². The van der Waals surface area contributed by atoms with Gasteiger partial charge in [-0.15, -0.1) is 11.3 Å². The number of nitrogens with one attached hydrogen (secondary N) is 1. The topological polar surface area (TPSA) is 55.1 Å². The van der Waals surface area contributed by atoms with E-state index in [0.717, 1.165) is 22.2 Å². The van der Waals surface area contributed by atoms with Crippen molar-refractivity contribution in [2.45, 2.75) is 26.8 Å². The minimum absolute atomic E-state index is 0.150. The molecule has 0 bridgehead atoms. The molecule has 0 aliphatic heterocycles. The van der Waals surface area contributed by atoms with E-state index >= 15 is 0 Å². The van der Waals surface area contributed by atoms with E-state index in [-0.39, 0.29) is 11.9 Å². The van der Waals surface area contributed by atoms with E-state index < -0.39 is 0 Å². The van der Waals surface area contributed by atoms with Gasteiger partial charge in [-0.25, -0.2) is 4.98 Å². The Morgan fingerprint density at radius 2 is 2.26 bits per heavy atom. The maximum absolute atomic E-state index is 11.7. The van der Waals surface area contributed by atoms with Crippen LogP contribution >= 0.6 is 11.3 Å². The molecule has 1 N–H and O–H groups in total. The van der Waals surface area contributed by atoms with Crippen LogP contribution in [0.2, 0.25) is 0 Å². The van der Waals surface area contributed by atoms with Crippen molar-refractivity contribution in [1.29, 1.82) is 0 Å². The molecule has 0 aliphatic rings. The third-order valence-corrected chi connectivity index (χ3v) is 3.38. The van der Waals surface area contributed by atoms with Crippen LogP contribution in [0, 0.1) is 13.8 Å². The van der Waals surface area contributed by atoms with Crippen LogP contribution in [0.15, 0.2) is 28.0 Å². The van der Waals surface area contributed by atoms with E-state index in [2.05, 4.69) is 10.3 Å². The van der Waals surface area contributed by atoms with Crippen LogP contribution in [-0.2, 0) is 4.79 Å². The first-order chi connectivity index (χ1) is 9.04. The average molecular weight is 276 g/mol. The quantitative estimate of drug-likeness (QED) is 0.872. The van der Waals surface area contributed by atoms with Crippen LogP contribution in [0.5, 0.6) is 0 Å². The Labute approximate surface area is 116 Å². The van der Waals surface area contributed by atoms with Gasteiger partial charge in [-0.3, -0.25) is 4.79 Å². The molecule has 0 fully saturated rings. The number of hydrogen-bond donors (Lipinski definition) is 1. The summed E-state index contributed by atoms with van der Waals surface area (Å²) in [4.78, 5) is 16.0. The van der Waals surface area contributed by atoms with Gasteiger partial charge < -0.3 is 9.73 Å². The molecule has 19 heavy (non-hydrogen) atoms. The predicted molar refractivity (Wildman–Crippen MR) is 75.9 cm³/mol. The minimum atomic E-state index is -0.160. The molecule has 0 saturated heterocycles. The van der Waals surface area contributed by atoms with Crippen LogP contribution in [0.25, 0.3) is 6.08 Å². The van der Waals surface area contributed by atoms with Gasteiger partial charge in [0.1, 0.15) is 11.5 Å². The van der Waals surface area contributed by atoms with Gasteiger partial charge in [-0.05, 0) is 39.0 Å². The number of nitrogens with zero attached hydrogens (tertiary/aromatic N) is 1. The zero-order valence-corrected chi connectivity index (χ0v) is 12.0. The minimum Gasteiger partial charge on any atom is -0.464 e. The summed E-state index contributed by atoms with van der Waals surface area (Å²) in [6, 6.07) is 3.60. The summed E-state index contributed by atoms with van der Waals surface area (Å²) in [6.45, 7) is 5.70. The van der Waals surface area contributed by atoms with E-state index in [4.69, 9.17) is 4.42 Å². The number of hydrogen-bond acceptors (Lipinski definition) is 4. The highest BCUT2D eigenvalue weighted by molar-refractivity contribution is 7.09. The zero-order chi connectivity index (χ0) is 13.8. The zero-order valence-electron chi connectivity index (χ0n) is 11.1. The van der Waals surface area contributed by atoms with Crippen molar-refractivity contribution in [3.8, 4) is 0 Å². The van der Waals surface area contributed by atoms with Crippen LogP contribution in [0.1, 0.15) is 35.2 Å². The van der Waals surface area contributed by atoms with E-state index in [1.165, 1.54) is 6.08 Å². The van der Waals surface area contributed by atoms with Crippen molar-refractivity contribution in [2.75, 3.05) is 0 Å². The molecule has 2 aromatic heterocycles. The van der Waals surface area contributed by atoms with Crippen LogP contribution in [0.4, 0.5) is 0 Å². The molecule has 5 heteroatoms. The van der Waals surface area contributed by atoms with Crippen molar-refractivity contribution in [3.63, 3.8) is 0 Å². The largest absolute Gasteiger partial charge is 0.464 e. The summed E-state index contributed by atoms with van der Waals surface area (Å²) in [7, 11) is 0. The number of carbonyl (C=O) groups excluding carboxylic acids is 1. The fourth-order valence-corrected chi connectivity index (χ4v) is 2.22. The van der Waals surface area contributed by atoms with Gasteiger partial charge in [0.2, 0.25) is 5.91 Å². The van der Waals surface area contributed by atoms with Crippen molar-refractivity contribution < 1.29 is 9.21 Å². The van der Waals surface area contributed by atoms with Crippen LogP contribution in [-0.4, -0.2) is 10.9 Å². The van der Waals surface area contributed by atoms with Gasteiger partial charge in [-0.1, -0.05) is 0 Å². The molecule has 0 radical (unpaired) electrons. The van der Waals surface area contributed by atoms with E-state index in [1.54, 1.807) is 17.4 Å². The molecule has 2 rings (SSSR count). The Morgan fingerprint density at radius 1 is 1.47 bits per heavy atom. The highest BCUT2D eigenvalue weighted by Gasteiger charge is 2.10. The fourth-order valence-electron chi connectivity index (χ4n) is 1.64. The van der Waals surface area contributed by atoms with Gasteiger partial charge in [-0.2, -0.15) is 0 Å². The number of carbonyl (C=O) groups is 1. The Hall–Kier alpha value is -1.88. The summed E-state index contributed by atoms with van der Waals surface area (Å²) in [5.74, 6) is 1.43. The molecule has 100 valence electrons. The second-order valence-corrected chi connectivity index (χ2v) is 5.37. The Balaban J connectivity index is 1.92. The summed E-state index contributed by atoms with van der Waals surface area (Å²) in [5, 5.41) is 5.74. The van der Waals surface area contributed by atoms with Gasteiger partial charge >= 0.3 is 0 Å². The lowest BCUT2D eigenvalue weighted by Crippen LogP contribution is -2.24. The van der Waals surface area contributed by atoms with E-state index in [1.807, 2.05) is 38.3 Å². The molecule has 0 saturated carbocycles. The Bertz CT molecular complexity index is 598. The molecule has 1 amide bonds. The lowest BCUT2D eigenvalue weighted by atomic mass is 10.2. The fraction of sp³-hybridized carbons (Fsp3) is 0.286. The third-order valence-electron chi connectivity index (χ3n) is 2.59. The van der Waals surface area contributed by atoms with Gasteiger partial charge in [0, 0.05) is 11.5 Å². The van der Waals surface area contributed by atoms with Crippen molar-refractivity contribution in [1.82, 2.24) is 10.3 Å². The number of amides is 1. The molecule has 1 atom stereocenters. The van der Waals surface area contributed by atoms with E-state index in [9.17, 15) is 4.79 Å². The maximum Gasteiger partial charge on any atom is 0.244 e. The summed E-state index contributed by atoms with van der Waals surface area (Å²) < 4.78 is 5.46. The van der Waals surface area contributed by atoms with Crippen molar-refractivity contribution in [3.05, 3.63) is 45.8 Å². The first-order valence-corrected chi connectivity index (χ1v) is 6.89. The number of thiazole rings is 1. The van der Waals surface area contributed by atoms with E-state index in [0.29, 0.717) is 0 Å². The number of aromatic nitrogens is 1. The lowest BCUT2D eigenvalue weighted by molar-refractivity contribution is -0.117. The molecule has 0 aromatic carbocycles. The summed E-state index contributed by atoms with van der Waals surface area (Å²) in [6.07, 6.45) is 3.19. The van der Waals surface area contributed by atoms with Crippen molar-refractivity contribution in [2.24, 2.45) is 0 Å². The number of furan rings is 1. The lowest BCUT2D eigenvalue weighted by Gasteiger charge is -2.09. The monoisotopic (exact) mass is 276 g/mol. The normalized spacial score (nSPS) is 12.8.